The predicted molar refractivity (Wildman–Crippen MR) is 118 cm³/mol. The van der Waals surface area contributed by atoms with E-state index in [0.717, 1.165) is 0 Å². The molecule has 0 spiro atoms. The average Bonchev–Trinajstić information content (AvgIpc) is 3.12. The van der Waals surface area contributed by atoms with Crippen molar-refractivity contribution >= 4 is 16.8 Å². The first kappa shape index (κ1) is 21.5. The fourth-order valence-electron chi connectivity index (χ4n) is 3.58. The molecule has 2 aromatic heterocycles. The molecule has 0 bridgehead atoms. The quantitative estimate of drug-likeness (QED) is 0.484. The highest BCUT2D eigenvalue weighted by Gasteiger charge is 2.15. The Bertz CT molecular complexity index is 1100. The first-order valence-electron chi connectivity index (χ1n) is 10.5. The highest BCUT2D eigenvalue weighted by atomic mass is 16.1. The van der Waals surface area contributed by atoms with Gasteiger partial charge in [-0.2, -0.15) is 5.10 Å². The topological polar surface area (TPSA) is 69.8 Å². The van der Waals surface area contributed by atoms with Crippen LogP contribution in [0.4, 0.5) is 0 Å². The molecule has 1 aromatic carbocycles. The monoisotopic (exact) mass is 404 g/mol. The summed E-state index contributed by atoms with van der Waals surface area (Å²) in [5.41, 5.74) is 1.15. The minimum atomic E-state index is -0.338. The van der Waals surface area contributed by atoms with Crippen molar-refractivity contribution in [3.63, 3.8) is 0 Å². The Kier molecular flexibility index (Phi) is 7.56. The molecule has 1 fully saturated rings. The molecule has 6 heteroatoms. The molecular weight excluding hydrogens is 376 g/mol. The number of imidazole rings is 1. The van der Waals surface area contributed by atoms with Crippen molar-refractivity contribution in [3.8, 4) is 11.8 Å². The van der Waals surface area contributed by atoms with Crippen LogP contribution in [0.25, 0.3) is 11.0 Å². The van der Waals surface area contributed by atoms with Gasteiger partial charge < -0.3 is 4.57 Å². The molecule has 156 valence electrons. The van der Waals surface area contributed by atoms with Crippen LogP contribution in [0.5, 0.6) is 0 Å². The lowest BCUT2D eigenvalue weighted by Gasteiger charge is -2.05. The molecule has 1 aliphatic rings. The van der Waals surface area contributed by atoms with Gasteiger partial charge in [-0.05, 0) is 13.8 Å². The number of hydrogen-bond acceptors (Lipinski definition) is 4. The van der Waals surface area contributed by atoms with E-state index in [1.165, 1.54) is 49.4 Å². The molecular formula is C24H28N4O2. The standard InChI is InChI=1S/C18H16N4O2.C6H12/c1-3-4-10-21-13(2)20-15-11-19-22(18(24)17(15)21)12-16(23)14-8-6-5-7-9-14;1-2-4-6-5-3-1/h5-9,11H,10,12H2,1-2H3;1-6H2. The van der Waals surface area contributed by atoms with E-state index in [4.69, 9.17) is 0 Å². The molecule has 3 aromatic rings. The molecule has 0 saturated heterocycles. The number of aryl methyl sites for hydroxylation is 1. The molecule has 30 heavy (non-hydrogen) atoms. The van der Waals surface area contributed by atoms with E-state index in [9.17, 15) is 9.59 Å². The van der Waals surface area contributed by atoms with Crippen LogP contribution >= 0.6 is 0 Å². The van der Waals surface area contributed by atoms with Crippen molar-refractivity contribution in [3.05, 3.63) is 58.3 Å². The number of rotatable bonds is 4. The van der Waals surface area contributed by atoms with Crippen molar-refractivity contribution < 1.29 is 4.79 Å². The molecule has 1 saturated carbocycles. The molecule has 0 N–H and O–H groups in total. The summed E-state index contributed by atoms with van der Waals surface area (Å²) >= 11 is 0. The Morgan fingerprint density at radius 3 is 2.30 bits per heavy atom. The molecule has 0 amide bonds. The normalized spacial score (nSPS) is 13.1. The van der Waals surface area contributed by atoms with E-state index in [0.29, 0.717) is 29.0 Å². The van der Waals surface area contributed by atoms with Crippen LogP contribution in [-0.4, -0.2) is 25.1 Å². The minimum Gasteiger partial charge on any atom is -0.312 e. The van der Waals surface area contributed by atoms with Gasteiger partial charge in [-0.1, -0.05) is 74.8 Å². The summed E-state index contributed by atoms with van der Waals surface area (Å²) in [4.78, 5) is 29.4. The van der Waals surface area contributed by atoms with Gasteiger partial charge in [0.1, 0.15) is 23.4 Å². The van der Waals surface area contributed by atoms with E-state index in [-0.39, 0.29) is 17.9 Å². The smallest absolute Gasteiger partial charge is 0.293 e. The largest absolute Gasteiger partial charge is 0.312 e. The number of carbonyl (C=O) groups excluding carboxylic acids is 1. The van der Waals surface area contributed by atoms with E-state index < -0.39 is 0 Å². The maximum Gasteiger partial charge on any atom is 0.293 e. The van der Waals surface area contributed by atoms with Gasteiger partial charge in [0.25, 0.3) is 5.56 Å². The zero-order valence-electron chi connectivity index (χ0n) is 17.7. The SMILES string of the molecule is C1CCCCC1.CC#CCn1c(C)nc2cnn(CC(=O)c3ccccc3)c(=O)c21. The lowest BCUT2D eigenvalue weighted by Crippen LogP contribution is -2.28. The Balaban J connectivity index is 0.000000367. The number of Topliss-reactive ketones (excluding diaryl/α,β-unsaturated/α-hetero) is 1. The van der Waals surface area contributed by atoms with Crippen LogP contribution < -0.4 is 5.56 Å². The van der Waals surface area contributed by atoms with Crippen molar-refractivity contribution in [2.45, 2.75) is 65.5 Å². The second-order valence-corrected chi connectivity index (χ2v) is 7.42. The minimum absolute atomic E-state index is 0.109. The van der Waals surface area contributed by atoms with E-state index in [1.807, 2.05) is 13.0 Å². The van der Waals surface area contributed by atoms with E-state index >= 15 is 0 Å². The number of benzene rings is 1. The summed E-state index contributed by atoms with van der Waals surface area (Å²) in [6, 6.07) is 8.85. The molecule has 0 atom stereocenters. The second-order valence-electron chi connectivity index (χ2n) is 7.42. The van der Waals surface area contributed by atoms with Crippen LogP contribution in [0.15, 0.2) is 41.3 Å². The number of aromatic nitrogens is 4. The number of fused-ring (bicyclic) bond motifs is 1. The van der Waals surface area contributed by atoms with Crippen LogP contribution in [-0.2, 0) is 13.1 Å². The Labute approximate surface area is 176 Å². The fourth-order valence-corrected chi connectivity index (χ4v) is 3.58. The lowest BCUT2D eigenvalue weighted by molar-refractivity contribution is 0.0966. The van der Waals surface area contributed by atoms with Gasteiger partial charge in [-0.15, -0.1) is 5.92 Å². The van der Waals surface area contributed by atoms with Crippen LogP contribution in [0.3, 0.4) is 0 Å². The van der Waals surface area contributed by atoms with Gasteiger partial charge in [-0.3, -0.25) is 9.59 Å². The van der Waals surface area contributed by atoms with Crippen molar-refractivity contribution in [2.75, 3.05) is 0 Å². The number of hydrogen-bond donors (Lipinski definition) is 0. The van der Waals surface area contributed by atoms with Gasteiger partial charge in [0, 0.05) is 5.56 Å². The third kappa shape index (κ3) is 5.24. The third-order valence-corrected chi connectivity index (χ3v) is 5.24. The molecule has 4 rings (SSSR count). The zero-order valence-corrected chi connectivity index (χ0v) is 17.7. The van der Waals surface area contributed by atoms with Crippen molar-refractivity contribution in [1.82, 2.24) is 19.3 Å². The highest BCUT2D eigenvalue weighted by Crippen LogP contribution is 2.15. The maximum absolute atomic E-state index is 12.7. The molecule has 0 radical (unpaired) electrons. The van der Waals surface area contributed by atoms with Crippen LogP contribution in [0.2, 0.25) is 0 Å². The lowest BCUT2D eigenvalue weighted by atomic mass is 10.0. The Morgan fingerprint density at radius 1 is 1.07 bits per heavy atom. The first-order chi connectivity index (χ1) is 14.6. The van der Waals surface area contributed by atoms with Gasteiger partial charge in [0.2, 0.25) is 0 Å². The van der Waals surface area contributed by atoms with Gasteiger partial charge >= 0.3 is 0 Å². The van der Waals surface area contributed by atoms with Gasteiger partial charge in [0.15, 0.2) is 5.78 Å². The van der Waals surface area contributed by atoms with E-state index in [1.54, 1.807) is 35.8 Å². The summed E-state index contributed by atoms with van der Waals surface area (Å²) in [5.74, 6) is 6.27. The summed E-state index contributed by atoms with van der Waals surface area (Å²) in [6.45, 7) is 3.83. The number of nitrogens with zero attached hydrogens (tertiary/aromatic N) is 4. The average molecular weight is 405 g/mol. The summed E-state index contributed by atoms with van der Waals surface area (Å²) in [5, 5.41) is 4.08. The molecule has 6 nitrogen and oxygen atoms in total. The zero-order chi connectivity index (χ0) is 21.3. The van der Waals surface area contributed by atoms with Crippen LogP contribution in [0, 0.1) is 18.8 Å². The molecule has 0 aliphatic heterocycles. The first-order valence-corrected chi connectivity index (χ1v) is 10.5. The summed E-state index contributed by atoms with van der Waals surface area (Å²) in [6.07, 6.45) is 10.5. The van der Waals surface area contributed by atoms with Crippen LogP contribution in [0.1, 0.15) is 61.6 Å². The summed E-state index contributed by atoms with van der Waals surface area (Å²) in [7, 11) is 0. The fraction of sp³-hybridized carbons (Fsp3) is 0.417. The second kappa shape index (κ2) is 10.5. The van der Waals surface area contributed by atoms with Crippen molar-refractivity contribution in [2.24, 2.45) is 0 Å². The molecule has 1 aliphatic carbocycles. The number of ketones is 1. The Morgan fingerprint density at radius 2 is 1.70 bits per heavy atom. The third-order valence-electron chi connectivity index (χ3n) is 5.24. The summed E-state index contributed by atoms with van der Waals surface area (Å²) < 4.78 is 2.92. The van der Waals surface area contributed by atoms with E-state index in [2.05, 4.69) is 21.9 Å². The van der Waals surface area contributed by atoms with Crippen molar-refractivity contribution in [1.29, 1.82) is 0 Å². The highest BCUT2D eigenvalue weighted by molar-refractivity contribution is 5.95. The molecule has 0 unspecified atom stereocenters. The predicted octanol–water partition coefficient (Wildman–Crippen LogP) is 4.15. The molecule has 2 heterocycles. The van der Waals surface area contributed by atoms with Gasteiger partial charge in [-0.25, -0.2) is 9.67 Å². The van der Waals surface area contributed by atoms with Gasteiger partial charge in [0.05, 0.1) is 12.7 Å². The Hall–Kier alpha value is -3.20. The number of carbonyl (C=O) groups is 1. The maximum atomic E-state index is 12.7.